The summed E-state index contributed by atoms with van der Waals surface area (Å²) in [6.45, 7) is 0. The molecule has 2 heterocycles. The molecule has 2 aromatic heterocycles. The van der Waals surface area contributed by atoms with E-state index in [-0.39, 0.29) is 5.69 Å². The highest BCUT2D eigenvalue weighted by Gasteiger charge is 2.12. The SMILES string of the molecule is O=C(O)c1ncc(Cl)c2ccsc12. The third-order valence-electron chi connectivity index (χ3n) is 1.65. The van der Waals surface area contributed by atoms with E-state index in [9.17, 15) is 4.79 Å². The number of aromatic carboxylic acids is 1. The van der Waals surface area contributed by atoms with Crippen LogP contribution in [-0.2, 0) is 0 Å². The molecule has 0 aromatic carbocycles. The van der Waals surface area contributed by atoms with Crippen LogP contribution in [0, 0.1) is 0 Å². The van der Waals surface area contributed by atoms with E-state index < -0.39 is 5.97 Å². The highest BCUT2D eigenvalue weighted by molar-refractivity contribution is 7.17. The Labute approximate surface area is 82.6 Å². The molecule has 66 valence electrons. The van der Waals surface area contributed by atoms with Gasteiger partial charge >= 0.3 is 5.97 Å². The lowest BCUT2D eigenvalue weighted by molar-refractivity contribution is 0.0693. The average molecular weight is 214 g/mol. The predicted molar refractivity (Wildman–Crippen MR) is 51.6 cm³/mol. The van der Waals surface area contributed by atoms with Gasteiger partial charge in [0.15, 0.2) is 5.69 Å². The van der Waals surface area contributed by atoms with Gasteiger partial charge in [0.1, 0.15) is 0 Å². The number of carboxylic acid groups (broad SMARTS) is 1. The molecular weight excluding hydrogens is 210 g/mol. The van der Waals surface area contributed by atoms with Gasteiger partial charge in [-0.2, -0.15) is 0 Å². The second-order valence-electron chi connectivity index (χ2n) is 2.42. The summed E-state index contributed by atoms with van der Waals surface area (Å²) in [4.78, 5) is 14.5. The first kappa shape index (κ1) is 8.47. The number of pyridine rings is 1. The number of fused-ring (bicyclic) bond motifs is 1. The highest BCUT2D eigenvalue weighted by atomic mass is 35.5. The first-order valence-corrected chi connectivity index (χ1v) is 4.71. The number of hydrogen-bond donors (Lipinski definition) is 1. The quantitative estimate of drug-likeness (QED) is 0.792. The molecule has 5 heteroatoms. The van der Waals surface area contributed by atoms with Crippen LogP contribution in [0.5, 0.6) is 0 Å². The van der Waals surface area contributed by atoms with Crippen molar-refractivity contribution in [2.45, 2.75) is 0 Å². The largest absolute Gasteiger partial charge is 0.476 e. The molecule has 0 aliphatic carbocycles. The Bertz CT molecular complexity index is 480. The molecule has 0 unspecified atom stereocenters. The number of carbonyl (C=O) groups is 1. The third kappa shape index (κ3) is 1.28. The van der Waals surface area contributed by atoms with Crippen molar-refractivity contribution >= 4 is 39.0 Å². The monoisotopic (exact) mass is 213 g/mol. The average Bonchev–Trinajstić information content (AvgIpc) is 2.53. The Hall–Kier alpha value is -1.13. The van der Waals surface area contributed by atoms with E-state index in [1.165, 1.54) is 17.5 Å². The number of carboxylic acids is 1. The van der Waals surface area contributed by atoms with Crippen molar-refractivity contribution in [3.05, 3.63) is 28.4 Å². The van der Waals surface area contributed by atoms with Gasteiger partial charge in [-0.05, 0) is 11.4 Å². The topological polar surface area (TPSA) is 50.2 Å². The predicted octanol–water partition coefficient (Wildman–Crippen LogP) is 2.65. The Balaban J connectivity index is 2.86. The van der Waals surface area contributed by atoms with Gasteiger partial charge in [0.05, 0.1) is 9.72 Å². The Morgan fingerprint density at radius 3 is 3.08 bits per heavy atom. The zero-order chi connectivity index (χ0) is 9.42. The highest BCUT2D eigenvalue weighted by Crippen LogP contribution is 2.29. The number of aromatic nitrogens is 1. The van der Waals surface area contributed by atoms with Crippen molar-refractivity contribution < 1.29 is 9.90 Å². The molecule has 0 saturated heterocycles. The Morgan fingerprint density at radius 1 is 1.62 bits per heavy atom. The second kappa shape index (κ2) is 2.97. The molecule has 2 aromatic rings. The van der Waals surface area contributed by atoms with E-state index in [1.54, 1.807) is 11.4 Å². The minimum atomic E-state index is -1.02. The Morgan fingerprint density at radius 2 is 2.38 bits per heavy atom. The maximum atomic E-state index is 10.7. The fraction of sp³-hybridized carbons (Fsp3) is 0. The molecule has 0 bridgehead atoms. The van der Waals surface area contributed by atoms with Crippen LogP contribution in [0.3, 0.4) is 0 Å². The lowest BCUT2D eigenvalue weighted by atomic mass is 10.3. The zero-order valence-electron chi connectivity index (χ0n) is 6.32. The third-order valence-corrected chi connectivity index (χ3v) is 2.87. The van der Waals surface area contributed by atoms with Crippen LogP contribution in [-0.4, -0.2) is 16.1 Å². The zero-order valence-corrected chi connectivity index (χ0v) is 7.89. The summed E-state index contributed by atoms with van der Waals surface area (Å²) in [6, 6.07) is 1.79. The van der Waals surface area contributed by atoms with Crippen molar-refractivity contribution in [3.63, 3.8) is 0 Å². The van der Waals surface area contributed by atoms with Gasteiger partial charge in [-0.15, -0.1) is 11.3 Å². The van der Waals surface area contributed by atoms with Crippen LogP contribution in [0.15, 0.2) is 17.6 Å². The van der Waals surface area contributed by atoms with E-state index in [0.29, 0.717) is 9.72 Å². The number of halogens is 1. The molecule has 13 heavy (non-hydrogen) atoms. The maximum absolute atomic E-state index is 10.7. The summed E-state index contributed by atoms with van der Waals surface area (Å²) in [6.07, 6.45) is 1.36. The minimum absolute atomic E-state index is 0.0643. The normalized spacial score (nSPS) is 10.5. The smallest absolute Gasteiger partial charge is 0.355 e. The second-order valence-corrected chi connectivity index (χ2v) is 3.75. The summed E-state index contributed by atoms with van der Waals surface area (Å²) < 4.78 is 0.625. The molecule has 0 fully saturated rings. The van der Waals surface area contributed by atoms with E-state index in [1.807, 2.05) is 0 Å². The molecular formula is C8H4ClNO2S. The summed E-state index contributed by atoms with van der Waals surface area (Å²) >= 11 is 7.15. The molecule has 0 atom stereocenters. The van der Waals surface area contributed by atoms with Crippen molar-refractivity contribution in [2.24, 2.45) is 0 Å². The molecule has 0 aliphatic rings. The molecule has 0 spiro atoms. The van der Waals surface area contributed by atoms with Crippen molar-refractivity contribution in [1.82, 2.24) is 4.98 Å². The van der Waals surface area contributed by atoms with Crippen molar-refractivity contribution in [1.29, 1.82) is 0 Å². The number of rotatable bonds is 1. The van der Waals surface area contributed by atoms with Gasteiger partial charge in [0.25, 0.3) is 0 Å². The molecule has 0 radical (unpaired) electrons. The lowest BCUT2D eigenvalue weighted by Crippen LogP contribution is -1.99. The molecule has 3 nitrogen and oxygen atoms in total. The van der Waals surface area contributed by atoms with Gasteiger partial charge in [-0.3, -0.25) is 0 Å². The molecule has 1 N–H and O–H groups in total. The Kier molecular flexibility index (Phi) is 1.94. The van der Waals surface area contributed by atoms with E-state index >= 15 is 0 Å². The van der Waals surface area contributed by atoms with Gasteiger partial charge in [-0.1, -0.05) is 11.6 Å². The molecule has 2 rings (SSSR count). The number of nitrogens with zero attached hydrogens (tertiary/aromatic N) is 1. The van der Waals surface area contributed by atoms with Crippen LogP contribution >= 0.6 is 22.9 Å². The maximum Gasteiger partial charge on any atom is 0.355 e. The van der Waals surface area contributed by atoms with Gasteiger partial charge < -0.3 is 5.11 Å². The van der Waals surface area contributed by atoms with Crippen LogP contribution in [0.1, 0.15) is 10.5 Å². The molecule has 0 saturated carbocycles. The minimum Gasteiger partial charge on any atom is -0.476 e. The first-order valence-electron chi connectivity index (χ1n) is 3.45. The summed E-state index contributed by atoms with van der Waals surface area (Å²) in [7, 11) is 0. The van der Waals surface area contributed by atoms with Crippen molar-refractivity contribution in [2.75, 3.05) is 0 Å². The van der Waals surface area contributed by atoms with Crippen LogP contribution in [0.2, 0.25) is 5.02 Å². The number of thiophene rings is 1. The number of hydrogen-bond acceptors (Lipinski definition) is 3. The van der Waals surface area contributed by atoms with E-state index in [4.69, 9.17) is 16.7 Å². The summed E-state index contributed by atoms with van der Waals surface area (Å²) in [5.41, 5.74) is 0.0643. The van der Waals surface area contributed by atoms with Crippen LogP contribution < -0.4 is 0 Å². The lowest BCUT2D eigenvalue weighted by Gasteiger charge is -1.96. The van der Waals surface area contributed by atoms with Gasteiger partial charge in [0.2, 0.25) is 0 Å². The van der Waals surface area contributed by atoms with E-state index in [2.05, 4.69) is 4.98 Å². The van der Waals surface area contributed by atoms with Gasteiger partial charge in [-0.25, -0.2) is 9.78 Å². The first-order chi connectivity index (χ1) is 6.20. The van der Waals surface area contributed by atoms with Crippen LogP contribution in [0.4, 0.5) is 0 Å². The van der Waals surface area contributed by atoms with Crippen molar-refractivity contribution in [3.8, 4) is 0 Å². The van der Waals surface area contributed by atoms with Crippen LogP contribution in [0.25, 0.3) is 10.1 Å². The van der Waals surface area contributed by atoms with E-state index in [0.717, 1.165) is 5.39 Å². The summed E-state index contributed by atoms with van der Waals surface area (Å²) in [5, 5.41) is 11.8. The fourth-order valence-corrected chi connectivity index (χ4v) is 2.24. The standard InChI is InChI=1S/C8H4ClNO2S/c9-5-3-10-6(8(11)12)7-4(5)1-2-13-7/h1-3H,(H,11,12). The fourth-order valence-electron chi connectivity index (χ4n) is 1.08. The summed E-state index contributed by atoms with van der Waals surface area (Å²) in [5.74, 6) is -1.02. The van der Waals surface area contributed by atoms with Gasteiger partial charge in [0, 0.05) is 11.6 Å². The molecule has 0 aliphatic heterocycles. The molecule has 0 amide bonds.